The Morgan fingerprint density at radius 2 is 2.10 bits per heavy atom. The lowest BCUT2D eigenvalue weighted by Gasteiger charge is -2.34. The van der Waals surface area contributed by atoms with Crippen LogP contribution in [0.1, 0.15) is 41.7 Å². The minimum absolute atomic E-state index is 0.0183. The highest BCUT2D eigenvalue weighted by Crippen LogP contribution is 2.46. The third-order valence-electron chi connectivity index (χ3n) is 4.66. The van der Waals surface area contributed by atoms with Crippen LogP contribution in [0.3, 0.4) is 0 Å². The first-order chi connectivity index (χ1) is 9.53. The van der Waals surface area contributed by atoms with E-state index in [1.54, 1.807) is 23.9 Å². The number of hydrogen-bond donors (Lipinski definition) is 1. The monoisotopic (exact) mass is 273 g/mol. The average molecular weight is 273 g/mol. The molecule has 5 heteroatoms. The molecule has 1 saturated heterocycles. The van der Waals surface area contributed by atoms with Crippen LogP contribution in [-0.4, -0.2) is 39.2 Å². The first-order valence-electron chi connectivity index (χ1n) is 7.11. The third-order valence-corrected chi connectivity index (χ3v) is 4.66. The second-order valence-corrected chi connectivity index (χ2v) is 6.01. The average Bonchev–Trinajstić information content (AvgIpc) is 3.10. The summed E-state index contributed by atoms with van der Waals surface area (Å²) in [5.74, 6) is 0.324. The van der Waals surface area contributed by atoms with Crippen LogP contribution < -0.4 is 0 Å². The molecule has 20 heavy (non-hydrogen) atoms. The molecule has 0 atom stereocenters. The standard InChI is InChI=1S/C15H19N3O2/c1-17-10-11(9-16)8-13(17)14(19)18-6-2-12(3-7-18)15(20)4-5-15/h8,10,12,20H,2-7H2,1H3. The topological polar surface area (TPSA) is 69.3 Å². The molecule has 0 aromatic carbocycles. The number of aromatic nitrogens is 1. The van der Waals surface area contributed by atoms with E-state index >= 15 is 0 Å². The molecule has 0 bridgehead atoms. The number of nitrogens with zero attached hydrogens (tertiary/aromatic N) is 3. The summed E-state index contributed by atoms with van der Waals surface area (Å²) in [4.78, 5) is 14.3. The molecule has 0 spiro atoms. The van der Waals surface area contributed by atoms with Gasteiger partial charge in [-0.3, -0.25) is 4.79 Å². The molecule has 1 amide bonds. The van der Waals surface area contributed by atoms with Crippen LogP contribution >= 0.6 is 0 Å². The first-order valence-corrected chi connectivity index (χ1v) is 7.11. The third kappa shape index (κ3) is 2.20. The lowest BCUT2D eigenvalue weighted by atomic mass is 9.89. The van der Waals surface area contributed by atoms with Crippen molar-refractivity contribution >= 4 is 5.91 Å². The fourth-order valence-electron chi connectivity index (χ4n) is 3.16. The molecule has 1 aromatic heterocycles. The number of carbonyl (C=O) groups excluding carboxylic acids is 1. The fourth-order valence-corrected chi connectivity index (χ4v) is 3.16. The van der Waals surface area contributed by atoms with Gasteiger partial charge in [0.05, 0.1) is 11.2 Å². The molecular weight excluding hydrogens is 254 g/mol. The van der Waals surface area contributed by atoms with Crippen molar-refractivity contribution in [1.29, 1.82) is 5.26 Å². The van der Waals surface area contributed by atoms with Crippen LogP contribution in [-0.2, 0) is 7.05 Å². The van der Waals surface area contributed by atoms with Crippen molar-refractivity contribution < 1.29 is 9.90 Å². The van der Waals surface area contributed by atoms with Crippen molar-refractivity contribution in [2.45, 2.75) is 31.3 Å². The van der Waals surface area contributed by atoms with Gasteiger partial charge in [0.2, 0.25) is 0 Å². The zero-order valence-corrected chi connectivity index (χ0v) is 11.7. The Bertz CT molecular complexity index is 572. The summed E-state index contributed by atoms with van der Waals surface area (Å²) in [6.45, 7) is 1.39. The molecule has 0 radical (unpaired) electrons. The van der Waals surface area contributed by atoms with E-state index in [4.69, 9.17) is 5.26 Å². The van der Waals surface area contributed by atoms with E-state index < -0.39 is 5.60 Å². The molecule has 2 aliphatic rings. The second kappa shape index (κ2) is 4.64. The molecule has 2 fully saturated rings. The number of nitriles is 1. The Morgan fingerprint density at radius 3 is 2.60 bits per heavy atom. The summed E-state index contributed by atoms with van der Waals surface area (Å²) in [5.41, 5.74) is 0.636. The molecule has 1 aliphatic heterocycles. The molecule has 2 heterocycles. The fraction of sp³-hybridized carbons (Fsp3) is 0.600. The molecule has 1 N–H and O–H groups in total. The number of amides is 1. The molecule has 1 aliphatic carbocycles. The molecule has 106 valence electrons. The number of hydrogen-bond acceptors (Lipinski definition) is 3. The van der Waals surface area contributed by atoms with Crippen molar-refractivity contribution in [1.82, 2.24) is 9.47 Å². The first kappa shape index (κ1) is 13.2. The number of aryl methyl sites for hydroxylation is 1. The van der Waals surface area contributed by atoms with E-state index in [0.29, 0.717) is 30.3 Å². The van der Waals surface area contributed by atoms with Crippen LogP contribution in [0.5, 0.6) is 0 Å². The van der Waals surface area contributed by atoms with E-state index in [9.17, 15) is 9.90 Å². The summed E-state index contributed by atoms with van der Waals surface area (Å²) in [6.07, 6.45) is 5.24. The van der Waals surface area contributed by atoms with Crippen molar-refractivity contribution in [3.8, 4) is 6.07 Å². The number of piperidine rings is 1. The number of rotatable bonds is 2. The maximum atomic E-state index is 12.5. The van der Waals surface area contributed by atoms with Gasteiger partial charge in [-0.15, -0.1) is 0 Å². The lowest BCUT2D eigenvalue weighted by Crippen LogP contribution is -2.42. The number of carbonyl (C=O) groups is 1. The van der Waals surface area contributed by atoms with E-state index in [1.807, 2.05) is 4.90 Å². The van der Waals surface area contributed by atoms with Gasteiger partial charge < -0.3 is 14.6 Å². The van der Waals surface area contributed by atoms with Crippen LogP contribution in [0, 0.1) is 17.2 Å². The van der Waals surface area contributed by atoms with Gasteiger partial charge in [-0.25, -0.2) is 0 Å². The van der Waals surface area contributed by atoms with E-state index in [0.717, 1.165) is 25.7 Å². The van der Waals surface area contributed by atoms with Gasteiger partial charge in [0.25, 0.3) is 5.91 Å². The van der Waals surface area contributed by atoms with Crippen molar-refractivity contribution in [3.63, 3.8) is 0 Å². The highest BCUT2D eigenvalue weighted by atomic mass is 16.3. The van der Waals surface area contributed by atoms with Crippen LogP contribution in [0.15, 0.2) is 12.3 Å². The summed E-state index contributed by atoms with van der Waals surface area (Å²) in [5, 5.41) is 19.0. The van der Waals surface area contributed by atoms with Gasteiger partial charge in [-0.1, -0.05) is 0 Å². The van der Waals surface area contributed by atoms with Crippen LogP contribution in [0.2, 0.25) is 0 Å². The van der Waals surface area contributed by atoms with Gasteiger partial charge >= 0.3 is 0 Å². The Hall–Kier alpha value is -1.80. The minimum Gasteiger partial charge on any atom is -0.390 e. The van der Waals surface area contributed by atoms with Crippen molar-refractivity contribution in [2.75, 3.05) is 13.1 Å². The van der Waals surface area contributed by atoms with Crippen LogP contribution in [0.4, 0.5) is 0 Å². The summed E-state index contributed by atoms with van der Waals surface area (Å²) in [7, 11) is 1.79. The summed E-state index contributed by atoms with van der Waals surface area (Å²) < 4.78 is 1.71. The Kier molecular flexibility index (Phi) is 3.06. The normalized spacial score (nSPS) is 21.6. The zero-order chi connectivity index (χ0) is 14.3. The van der Waals surface area contributed by atoms with Crippen LogP contribution in [0.25, 0.3) is 0 Å². The minimum atomic E-state index is -0.436. The predicted molar refractivity (Wildman–Crippen MR) is 72.9 cm³/mol. The van der Waals surface area contributed by atoms with Crippen molar-refractivity contribution in [2.24, 2.45) is 13.0 Å². The van der Waals surface area contributed by atoms with Gasteiger partial charge in [0.15, 0.2) is 0 Å². The lowest BCUT2D eigenvalue weighted by molar-refractivity contribution is 0.0336. The van der Waals surface area contributed by atoms with Gasteiger partial charge in [0.1, 0.15) is 11.8 Å². The highest BCUT2D eigenvalue weighted by Gasteiger charge is 2.48. The van der Waals surface area contributed by atoms with Crippen molar-refractivity contribution in [3.05, 3.63) is 23.5 Å². The molecule has 1 aromatic rings. The van der Waals surface area contributed by atoms with E-state index in [1.165, 1.54) is 0 Å². The summed E-state index contributed by atoms with van der Waals surface area (Å²) in [6, 6.07) is 3.70. The molecular formula is C15H19N3O2. The Morgan fingerprint density at radius 1 is 1.45 bits per heavy atom. The molecule has 0 unspecified atom stereocenters. The van der Waals surface area contributed by atoms with E-state index in [2.05, 4.69) is 6.07 Å². The van der Waals surface area contributed by atoms with Gasteiger partial charge in [-0.2, -0.15) is 5.26 Å². The number of aliphatic hydroxyl groups is 1. The largest absolute Gasteiger partial charge is 0.390 e. The zero-order valence-electron chi connectivity index (χ0n) is 11.7. The van der Waals surface area contributed by atoms with Gasteiger partial charge in [-0.05, 0) is 37.7 Å². The maximum absolute atomic E-state index is 12.5. The number of likely N-dealkylation sites (tertiary alicyclic amines) is 1. The highest BCUT2D eigenvalue weighted by molar-refractivity contribution is 5.93. The Labute approximate surface area is 118 Å². The smallest absolute Gasteiger partial charge is 0.270 e. The predicted octanol–water partition coefficient (Wildman–Crippen LogP) is 1.27. The maximum Gasteiger partial charge on any atom is 0.270 e. The van der Waals surface area contributed by atoms with Gasteiger partial charge in [0, 0.05) is 26.3 Å². The SMILES string of the molecule is Cn1cc(C#N)cc1C(=O)N1CCC(C2(O)CC2)CC1. The second-order valence-electron chi connectivity index (χ2n) is 6.01. The molecule has 5 nitrogen and oxygen atoms in total. The molecule has 1 saturated carbocycles. The quantitative estimate of drug-likeness (QED) is 0.882. The van der Waals surface area contributed by atoms with E-state index in [-0.39, 0.29) is 5.91 Å². The molecule has 3 rings (SSSR count). The Balaban J connectivity index is 1.67. The summed E-state index contributed by atoms with van der Waals surface area (Å²) >= 11 is 0.